The lowest BCUT2D eigenvalue weighted by atomic mass is 10.2. The third-order valence-corrected chi connectivity index (χ3v) is 3.79. The van der Waals surface area contributed by atoms with E-state index in [1.54, 1.807) is 0 Å². The quantitative estimate of drug-likeness (QED) is 0.838. The van der Waals surface area contributed by atoms with Crippen LogP contribution in [0.15, 0.2) is 18.3 Å². The highest BCUT2D eigenvalue weighted by molar-refractivity contribution is 5.96. The van der Waals surface area contributed by atoms with Crippen molar-refractivity contribution in [2.24, 2.45) is 0 Å². The second-order valence-electron chi connectivity index (χ2n) is 5.72. The molecule has 140 valence electrons. The Hall–Kier alpha value is -1.87. The molecular formula is C16H22F3N3O3. The van der Waals surface area contributed by atoms with Gasteiger partial charge in [0.1, 0.15) is 5.56 Å². The van der Waals surface area contributed by atoms with Gasteiger partial charge in [0.15, 0.2) is 6.10 Å². The minimum Gasteiger partial charge on any atom is -0.464 e. The van der Waals surface area contributed by atoms with Crippen LogP contribution >= 0.6 is 0 Å². The molecule has 0 radical (unpaired) electrons. The summed E-state index contributed by atoms with van der Waals surface area (Å²) in [6, 6.07) is 2.87. The molecule has 1 unspecified atom stereocenters. The van der Waals surface area contributed by atoms with Gasteiger partial charge in [0.25, 0.3) is 5.91 Å². The minimum absolute atomic E-state index is 0.0159. The highest BCUT2D eigenvalue weighted by atomic mass is 19.4. The van der Waals surface area contributed by atoms with Crippen LogP contribution in [0.25, 0.3) is 0 Å². The number of alkyl halides is 3. The SMILES string of the molecule is CC(Oc1ncccc1C(=O)NCCN1CCCOCC1)C(F)(F)F. The van der Waals surface area contributed by atoms with Gasteiger partial charge in [-0.1, -0.05) is 0 Å². The zero-order valence-corrected chi connectivity index (χ0v) is 14.0. The molecule has 0 aromatic carbocycles. The highest BCUT2D eigenvalue weighted by Gasteiger charge is 2.38. The maximum Gasteiger partial charge on any atom is 0.425 e. The van der Waals surface area contributed by atoms with E-state index in [0.29, 0.717) is 19.7 Å². The van der Waals surface area contributed by atoms with E-state index in [0.717, 1.165) is 33.0 Å². The second kappa shape index (κ2) is 9.00. The van der Waals surface area contributed by atoms with Gasteiger partial charge >= 0.3 is 6.18 Å². The van der Waals surface area contributed by atoms with Crippen molar-refractivity contribution < 1.29 is 27.4 Å². The lowest BCUT2D eigenvalue weighted by Crippen LogP contribution is -2.37. The molecule has 0 spiro atoms. The maximum absolute atomic E-state index is 12.6. The molecule has 1 aliphatic heterocycles. The molecule has 1 fully saturated rings. The van der Waals surface area contributed by atoms with Crippen LogP contribution in [-0.4, -0.2) is 67.5 Å². The number of nitrogens with one attached hydrogen (secondary N) is 1. The minimum atomic E-state index is -4.53. The van der Waals surface area contributed by atoms with Gasteiger partial charge in [-0.3, -0.25) is 9.69 Å². The summed E-state index contributed by atoms with van der Waals surface area (Å²) in [7, 11) is 0. The Kier molecular flexibility index (Phi) is 7.01. The Morgan fingerprint density at radius 3 is 3.00 bits per heavy atom. The van der Waals surface area contributed by atoms with Crippen molar-refractivity contribution >= 4 is 5.91 Å². The Balaban J connectivity index is 1.90. The average molecular weight is 361 g/mol. The first-order chi connectivity index (χ1) is 11.9. The number of pyridine rings is 1. The molecule has 0 bridgehead atoms. The van der Waals surface area contributed by atoms with Crippen molar-refractivity contribution in [2.75, 3.05) is 39.4 Å². The Labute approximate surface area is 144 Å². The van der Waals surface area contributed by atoms with Crippen LogP contribution in [0, 0.1) is 0 Å². The van der Waals surface area contributed by atoms with Crippen molar-refractivity contribution in [2.45, 2.75) is 25.6 Å². The lowest BCUT2D eigenvalue weighted by Gasteiger charge is -2.20. The second-order valence-corrected chi connectivity index (χ2v) is 5.72. The molecule has 0 aliphatic carbocycles. The van der Waals surface area contributed by atoms with Crippen molar-refractivity contribution in [3.8, 4) is 5.88 Å². The number of ether oxygens (including phenoxy) is 2. The van der Waals surface area contributed by atoms with Gasteiger partial charge in [0, 0.05) is 39.0 Å². The zero-order valence-electron chi connectivity index (χ0n) is 14.0. The van der Waals surface area contributed by atoms with Crippen molar-refractivity contribution in [3.05, 3.63) is 23.9 Å². The standard InChI is InChI=1S/C16H22F3N3O3/c1-12(16(17,18)19)25-15-13(4-2-5-21-15)14(23)20-6-8-22-7-3-10-24-11-9-22/h2,4-5,12H,3,6-11H2,1H3,(H,20,23). The molecule has 1 aromatic rings. The van der Waals surface area contributed by atoms with Crippen LogP contribution in [0.4, 0.5) is 13.2 Å². The third-order valence-electron chi connectivity index (χ3n) is 3.79. The van der Waals surface area contributed by atoms with E-state index in [9.17, 15) is 18.0 Å². The number of hydrogen-bond acceptors (Lipinski definition) is 5. The summed E-state index contributed by atoms with van der Waals surface area (Å²) < 4.78 is 48.1. The van der Waals surface area contributed by atoms with Crippen LogP contribution in [0.2, 0.25) is 0 Å². The maximum atomic E-state index is 12.6. The molecule has 2 rings (SSSR count). The number of hydrogen-bond donors (Lipinski definition) is 1. The molecule has 0 saturated carbocycles. The highest BCUT2D eigenvalue weighted by Crippen LogP contribution is 2.25. The van der Waals surface area contributed by atoms with Gasteiger partial charge in [0.2, 0.25) is 5.88 Å². The fraction of sp³-hybridized carbons (Fsp3) is 0.625. The van der Waals surface area contributed by atoms with Crippen LogP contribution in [0.1, 0.15) is 23.7 Å². The van der Waals surface area contributed by atoms with E-state index in [1.807, 2.05) is 0 Å². The smallest absolute Gasteiger partial charge is 0.425 e. The Morgan fingerprint density at radius 1 is 1.44 bits per heavy atom. The summed E-state index contributed by atoms with van der Waals surface area (Å²) in [6.45, 7) is 4.96. The summed E-state index contributed by atoms with van der Waals surface area (Å²) in [4.78, 5) is 18.2. The predicted octanol–water partition coefficient (Wildman–Crippen LogP) is 1.86. The zero-order chi connectivity index (χ0) is 18.3. The number of aromatic nitrogens is 1. The van der Waals surface area contributed by atoms with Gasteiger partial charge in [-0.2, -0.15) is 13.2 Å². The van der Waals surface area contributed by atoms with Gasteiger partial charge in [-0.05, 0) is 25.5 Å². The number of rotatable bonds is 6. The monoisotopic (exact) mass is 361 g/mol. The fourth-order valence-electron chi connectivity index (χ4n) is 2.34. The van der Waals surface area contributed by atoms with E-state index in [-0.39, 0.29) is 11.4 Å². The topological polar surface area (TPSA) is 63.7 Å². The van der Waals surface area contributed by atoms with E-state index < -0.39 is 18.2 Å². The molecule has 1 saturated heterocycles. The average Bonchev–Trinajstić information content (AvgIpc) is 2.83. The number of halogens is 3. The first-order valence-electron chi connectivity index (χ1n) is 8.14. The predicted molar refractivity (Wildman–Crippen MR) is 84.6 cm³/mol. The number of amides is 1. The molecule has 6 nitrogen and oxygen atoms in total. The molecule has 2 heterocycles. The number of nitrogens with zero attached hydrogens (tertiary/aromatic N) is 2. The molecular weight excluding hydrogens is 339 g/mol. The van der Waals surface area contributed by atoms with E-state index in [2.05, 4.69) is 15.2 Å². The van der Waals surface area contributed by atoms with E-state index in [4.69, 9.17) is 9.47 Å². The van der Waals surface area contributed by atoms with Crippen LogP contribution in [-0.2, 0) is 4.74 Å². The van der Waals surface area contributed by atoms with Crippen molar-refractivity contribution in [1.29, 1.82) is 0 Å². The van der Waals surface area contributed by atoms with E-state index >= 15 is 0 Å². The Morgan fingerprint density at radius 2 is 2.24 bits per heavy atom. The van der Waals surface area contributed by atoms with Gasteiger partial charge in [0.05, 0.1) is 6.61 Å². The van der Waals surface area contributed by atoms with Crippen molar-refractivity contribution in [1.82, 2.24) is 15.2 Å². The third kappa shape index (κ3) is 6.17. The fourth-order valence-corrected chi connectivity index (χ4v) is 2.34. The van der Waals surface area contributed by atoms with Crippen LogP contribution < -0.4 is 10.1 Å². The molecule has 1 aromatic heterocycles. The molecule has 1 N–H and O–H groups in total. The summed E-state index contributed by atoms with van der Waals surface area (Å²) >= 11 is 0. The molecule has 1 atom stereocenters. The summed E-state index contributed by atoms with van der Waals surface area (Å²) in [6.07, 6.45) is -4.36. The summed E-state index contributed by atoms with van der Waals surface area (Å²) in [5.41, 5.74) is -0.0159. The van der Waals surface area contributed by atoms with Gasteiger partial charge in [-0.25, -0.2) is 4.98 Å². The normalized spacial score (nSPS) is 17.6. The molecule has 9 heteroatoms. The lowest BCUT2D eigenvalue weighted by molar-refractivity contribution is -0.190. The van der Waals surface area contributed by atoms with Crippen LogP contribution in [0.5, 0.6) is 5.88 Å². The Bertz CT molecular complexity index is 561. The number of carbonyl (C=O) groups is 1. The first kappa shape index (κ1) is 19.5. The molecule has 25 heavy (non-hydrogen) atoms. The summed E-state index contributed by atoms with van der Waals surface area (Å²) in [5, 5.41) is 2.70. The van der Waals surface area contributed by atoms with Crippen LogP contribution in [0.3, 0.4) is 0 Å². The van der Waals surface area contributed by atoms with E-state index in [1.165, 1.54) is 18.3 Å². The van der Waals surface area contributed by atoms with Gasteiger partial charge < -0.3 is 14.8 Å². The molecule has 1 amide bonds. The number of carbonyl (C=O) groups excluding carboxylic acids is 1. The van der Waals surface area contributed by atoms with Gasteiger partial charge in [-0.15, -0.1) is 0 Å². The van der Waals surface area contributed by atoms with Crippen molar-refractivity contribution in [3.63, 3.8) is 0 Å². The first-order valence-corrected chi connectivity index (χ1v) is 8.14. The molecule has 1 aliphatic rings. The largest absolute Gasteiger partial charge is 0.464 e. The summed E-state index contributed by atoms with van der Waals surface area (Å²) in [5.74, 6) is -0.837.